The predicted molar refractivity (Wildman–Crippen MR) is 52.4 cm³/mol. The van der Waals surface area contributed by atoms with E-state index in [0.29, 0.717) is 5.30 Å². The fourth-order valence-electron chi connectivity index (χ4n) is 0.954. The number of hydrogen-bond acceptors (Lipinski definition) is 3. The average molecular weight is 213 g/mol. The van der Waals surface area contributed by atoms with E-state index >= 15 is 0 Å². The van der Waals surface area contributed by atoms with Gasteiger partial charge in [0.15, 0.2) is 5.30 Å². The van der Waals surface area contributed by atoms with Crippen molar-refractivity contribution in [3.05, 3.63) is 24.3 Å². The van der Waals surface area contributed by atoms with E-state index in [2.05, 4.69) is 0 Å². The van der Waals surface area contributed by atoms with Gasteiger partial charge >= 0.3 is 13.8 Å². The van der Waals surface area contributed by atoms with E-state index in [1.807, 2.05) is 0 Å². The molecule has 0 aromatic heterocycles. The zero-order chi connectivity index (χ0) is 10.7. The molecule has 14 heavy (non-hydrogen) atoms. The number of aromatic hydroxyl groups is 1. The quantitative estimate of drug-likeness (QED) is 0.742. The summed E-state index contributed by atoms with van der Waals surface area (Å²) in [6.45, 7) is 1.38. The molecule has 0 fully saturated rings. The predicted octanol–water partition coefficient (Wildman–Crippen LogP) is 1.32. The number of rotatable bonds is 3. The van der Waals surface area contributed by atoms with E-state index in [4.69, 9.17) is 10.2 Å². The highest BCUT2D eigenvalue weighted by molar-refractivity contribution is 7.55. The maximum atomic E-state index is 11.6. The Labute approximate surface area is 82.0 Å². The first kappa shape index (κ1) is 10.7. The molecule has 0 heterocycles. The molecule has 0 spiro atoms. The second kappa shape index (κ2) is 4.20. The molecule has 0 saturated carbocycles. The summed E-state index contributed by atoms with van der Waals surface area (Å²) in [6, 6.07) is 5.83. The minimum Gasteiger partial charge on any atom is -0.508 e. The van der Waals surface area contributed by atoms with E-state index in [0.717, 1.165) is 0 Å². The Balaban J connectivity index is 2.95. The SMILES string of the molecule is CC(C(=O)O)[P+](=O)c1cccc(O)c1. The molecule has 1 aromatic rings. The highest BCUT2D eigenvalue weighted by Gasteiger charge is 2.34. The zero-order valence-electron chi connectivity index (χ0n) is 7.54. The van der Waals surface area contributed by atoms with Crippen LogP contribution < -0.4 is 5.30 Å². The van der Waals surface area contributed by atoms with E-state index in [1.54, 1.807) is 0 Å². The lowest BCUT2D eigenvalue weighted by atomic mass is 10.3. The van der Waals surface area contributed by atoms with Crippen molar-refractivity contribution in [1.29, 1.82) is 0 Å². The van der Waals surface area contributed by atoms with Crippen molar-refractivity contribution in [3.63, 3.8) is 0 Å². The molecule has 5 heteroatoms. The van der Waals surface area contributed by atoms with Gasteiger partial charge in [0, 0.05) is 6.07 Å². The Morgan fingerprint density at radius 3 is 2.64 bits per heavy atom. The number of carboxylic acid groups (broad SMARTS) is 1. The summed E-state index contributed by atoms with van der Waals surface area (Å²) < 4.78 is 11.6. The van der Waals surface area contributed by atoms with Gasteiger partial charge in [0.05, 0.1) is 0 Å². The summed E-state index contributed by atoms with van der Waals surface area (Å²) in [5.74, 6) is -1.11. The summed E-state index contributed by atoms with van der Waals surface area (Å²) in [5.41, 5.74) is -0.938. The second-order valence-corrected chi connectivity index (χ2v) is 4.80. The van der Waals surface area contributed by atoms with Crippen LogP contribution in [0.5, 0.6) is 5.75 Å². The standard InChI is InChI=1S/C9H9O4P/c1-6(9(11)12)14(13)8-4-2-3-7(10)5-8/h2-6H,1H3,(H-,10,11,12)/p+1. The van der Waals surface area contributed by atoms with Gasteiger partial charge in [-0.05, 0) is 19.1 Å². The van der Waals surface area contributed by atoms with E-state index in [9.17, 15) is 9.36 Å². The fraction of sp³-hybridized carbons (Fsp3) is 0.222. The number of benzene rings is 1. The van der Waals surface area contributed by atoms with Crippen LogP contribution in [0.3, 0.4) is 0 Å². The van der Waals surface area contributed by atoms with Crippen LogP contribution in [0.25, 0.3) is 0 Å². The summed E-state index contributed by atoms with van der Waals surface area (Å²) >= 11 is 0. The van der Waals surface area contributed by atoms with Crippen LogP contribution in [-0.4, -0.2) is 21.8 Å². The van der Waals surface area contributed by atoms with Crippen LogP contribution in [-0.2, 0) is 9.36 Å². The maximum Gasteiger partial charge on any atom is 0.391 e. The molecular formula is C9H10O4P+. The number of phenols is 1. The minimum absolute atomic E-state index is 0.0107. The average Bonchev–Trinajstić information content (AvgIpc) is 2.15. The maximum absolute atomic E-state index is 11.6. The topological polar surface area (TPSA) is 74.6 Å². The first-order valence-corrected chi connectivity index (χ1v) is 5.33. The van der Waals surface area contributed by atoms with Crippen LogP contribution in [0.15, 0.2) is 24.3 Å². The van der Waals surface area contributed by atoms with Gasteiger partial charge in [-0.2, -0.15) is 0 Å². The molecule has 2 unspecified atom stereocenters. The Morgan fingerprint density at radius 1 is 1.50 bits per heavy atom. The Bertz CT molecular complexity index is 375. The molecule has 0 amide bonds. The molecule has 1 rings (SSSR count). The van der Waals surface area contributed by atoms with E-state index < -0.39 is 19.4 Å². The Morgan fingerprint density at radius 2 is 2.14 bits per heavy atom. The summed E-state index contributed by atoms with van der Waals surface area (Å²) in [5, 5.41) is 18.1. The lowest BCUT2D eigenvalue weighted by molar-refractivity contribution is -0.136. The number of hydrogen-bond donors (Lipinski definition) is 2. The van der Waals surface area contributed by atoms with Crippen molar-refractivity contribution in [3.8, 4) is 5.75 Å². The summed E-state index contributed by atoms with van der Waals surface area (Å²) in [4.78, 5) is 10.6. The summed E-state index contributed by atoms with van der Waals surface area (Å²) in [6.07, 6.45) is 0. The largest absolute Gasteiger partial charge is 0.508 e. The van der Waals surface area contributed by atoms with Gasteiger partial charge in [0.25, 0.3) is 5.66 Å². The molecule has 0 bridgehead atoms. The normalized spacial score (nSPS) is 13.4. The van der Waals surface area contributed by atoms with Gasteiger partial charge in [-0.3, -0.25) is 0 Å². The molecule has 0 aliphatic rings. The van der Waals surface area contributed by atoms with Gasteiger partial charge in [0.2, 0.25) is 0 Å². The van der Waals surface area contributed by atoms with Gasteiger partial charge < -0.3 is 10.2 Å². The fourth-order valence-corrected chi connectivity index (χ4v) is 2.09. The molecule has 2 atom stereocenters. The Hall–Kier alpha value is -1.41. The molecular weight excluding hydrogens is 203 g/mol. The number of aliphatic carboxylic acids is 1. The highest BCUT2D eigenvalue weighted by atomic mass is 31.1. The third-order valence-corrected chi connectivity index (χ3v) is 3.50. The number of phenolic OH excluding ortho intramolecular Hbond substituents is 1. The molecule has 1 aromatic carbocycles. The number of carboxylic acids is 1. The van der Waals surface area contributed by atoms with Gasteiger partial charge in [0.1, 0.15) is 5.75 Å². The third kappa shape index (κ3) is 2.30. The molecule has 0 aliphatic heterocycles. The van der Waals surface area contributed by atoms with Crippen LogP contribution in [0.1, 0.15) is 6.92 Å². The first-order valence-electron chi connectivity index (χ1n) is 4.00. The summed E-state index contributed by atoms with van der Waals surface area (Å²) in [7, 11) is -2.00. The molecule has 2 N–H and O–H groups in total. The lowest BCUT2D eigenvalue weighted by Crippen LogP contribution is -2.15. The van der Waals surface area contributed by atoms with E-state index in [1.165, 1.54) is 31.2 Å². The van der Waals surface area contributed by atoms with Crippen molar-refractivity contribution in [2.24, 2.45) is 0 Å². The first-order chi connectivity index (χ1) is 6.52. The van der Waals surface area contributed by atoms with Crippen molar-refractivity contribution in [1.82, 2.24) is 0 Å². The minimum atomic E-state index is -2.00. The molecule has 0 radical (unpaired) electrons. The lowest BCUT2D eigenvalue weighted by Gasteiger charge is -1.94. The van der Waals surface area contributed by atoms with Gasteiger partial charge in [-0.25, -0.2) is 4.79 Å². The van der Waals surface area contributed by atoms with Gasteiger partial charge in [-0.15, -0.1) is 0 Å². The van der Waals surface area contributed by atoms with Crippen molar-refractivity contribution in [2.45, 2.75) is 12.6 Å². The monoisotopic (exact) mass is 213 g/mol. The molecule has 0 aliphatic carbocycles. The van der Waals surface area contributed by atoms with E-state index in [-0.39, 0.29) is 5.75 Å². The third-order valence-electron chi connectivity index (χ3n) is 1.79. The second-order valence-electron chi connectivity index (χ2n) is 2.86. The van der Waals surface area contributed by atoms with Crippen molar-refractivity contribution < 1.29 is 19.6 Å². The Kier molecular flexibility index (Phi) is 3.20. The number of carbonyl (C=O) groups is 1. The molecule has 74 valence electrons. The van der Waals surface area contributed by atoms with Crippen molar-refractivity contribution >= 4 is 19.1 Å². The molecule has 0 saturated heterocycles. The van der Waals surface area contributed by atoms with Crippen LogP contribution in [0.4, 0.5) is 0 Å². The van der Waals surface area contributed by atoms with Crippen LogP contribution >= 0.6 is 7.80 Å². The van der Waals surface area contributed by atoms with Crippen molar-refractivity contribution in [2.75, 3.05) is 0 Å². The smallest absolute Gasteiger partial charge is 0.391 e. The van der Waals surface area contributed by atoms with Crippen LogP contribution in [0.2, 0.25) is 0 Å². The van der Waals surface area contributed by atoms with Crippen LogP contribution in [0, 0.1) is 0 Å². The molecule has 4 nitrogen and oxygen atoms in total. The van der Waals surface area contributed by atoms with Gasteiger partial charge in [-0.1, -0.05) is 10.6 Å². The highest BCUT2D eigenvalue weighted by Crippen LogP contribution is 2.28. The zero-order valence-corrected chi connectivity index (χ0v) is 8.44.